The number of hydrogen-bond acceptors (Lipinski definition) is 2. The van der Waals surface area contributed by atoms with Crippen molar-refractivity contribution in [2.45, 2.75) is 38.0 Å². The fourth-order valence-corrected chi connectivity index (χ4v) is 7.25. The molecule has 3 aliphatic rings. The number of anilines is 6. The molecule has 1 aliphatic carbocycles. The van der Waals surface area contributed by atoms with Crippen LogP contribution in [0.3, 0.4) is 0 Å². The lowest BCUT2D eigenvalue weighted by Gasteiger charge is -2.44. The minimum atomic E-state index is 0.146. The quantitative estimate of drug-likeness (QED) is 0.227. The van der Waals surface area contributed by atoms with Crippen LogP contribution in [0.15, 0.2) is 121 Å². The Balaban J connectivity index is 1.47. The fourth-order valence-electron chi connectivity index (χ4n) is 7.25. The van der Waals surface area contributed by atoms with Crippen molar-refractivity contribution in [2.24, 2.45) is 0 Å². The number of benzene rings is 5. The molecule has 0 atom stereocenters. The molecule has 2 aliphatic heterocycles. The van der Waals surface area contributed by atoms with E-state index in [2.05, 4.69) is 107 Å². The molecule has 39 heavy (non-hydrogen) atoms. The second-order valence-electron chi connectivity index (χ2n) is 11.1. The summed E-state index contributed by atoms with van der Waals surface area (Å²) in [5.41, 5.74) is 12.7. The number of rotatable bonds is 3. The van der Waals surface area contributed by atoms with Gasteiger partial charge in [0.05, 0.1) is 1.37 Å². The van der Waals surface area contributed by atoms with Crippen molar-refractivity contribution >= 4 is 57.2 Å². The Kier molecular flexibility index (Phi) is 5.11. The van der Waals surface area contributed by atoms with Gasteiger partial charge in [0.2, 0.25) is 0 Å². The fraction of sp³-hybridized carbons (Fsp3) is 0.167. The van der Waals surface area contributed by atoms with Gasteiger partial charge >= 0.3 is 0 Å². The van der Waals surface area contributed by atoms with E-state index in [0.29, 0.717) is 12.0 Å². The summed E-state index contributed by atoms with van der Waals surface area (Å²) in [6, 6.07) is 42.2. The second kappa shape index (κ2) is 9.20. The van der Waals surface area contributed by atoms with Gasteiger partial charge in [-0.25, -0.2) is 0 Å². The molecule has 2 heterocycles. The van der Waals surface area contributed by atoms with Gasteiger partial charge in [0.25, 0.3) is 6.71 Å². The van der Waals surface area contributed by atoms with Crippen molar-refractivity contribution in [1.29, 1.82) is 0 Å². The van der Waals surface area contributed by atoms with Gasteiger partial charge in [0.15, 0.2) is 0 Å². The molecule has 1 saturated carbocycles. The van der Waals surface area contributed by atoms with Crippen LogP contribution in [0.25, 0.3) is 0 Å². The number of fused-ring (bicyclic) bond motifs is 4. The minimum Gasteiger partial charge on any atom is -0.311 e. The van der Waals surface area contributed by atoms with Gasteiger partial charge < -0.3 is 9.80 Å². The molecular formula is C36H31BN2. The van der Waals surface area contributed by atoms with Gasteiger partial charge in [0, 0.05) is 34.1 Å². The highest BCUT2D eigenvalue weighted by molar-refractivity contribution is 7.00. The molecule has 5 aromatic rings. The Bertz CT molecular complexity index is 1730. The highest BCUT2D eigenvalue weighted by atomic mass is 15.2. The molecular weight excluding hydrogens is 471 g/mol. The first-order valence-electron chi connectivity index (χ1n) is 14.9. The first-order valence-corrected chi connectivity index (χ1v) is 14.4. The van der Waals surface area contributed by atoms with Crippen molar-refractivity contribution in [3.8, 4) is 0 Å². The summed E-state index contributed by atoms with van der Waals surface area (Å²) in [6.07, 6.45) is 6.46. The molecule has 0 saturated heterocycles. The molecule has 3 heteroatoms. The van der Waals surface area contributed by atoms with Crippen LogP contribution in [0, 0.1) is 0 Å². The van der Waals surface area contributed by atoms with Crippen LogP contribution in [0.5, 0.6) is 0 Å². The Labute approximate surface area is 233 Å². The van der Waals surface area contributed by atoms with Crippen LogP contribution >= 0.6 is 0 Å². The average Bonchev–Trinajstić information content (AvgIpc) is 3.01. The molecule has 0 bridgehead atoms. The molecule has 0 N–H and O–H groups in total. The van der Waals surface area contributed by atoms with Crippen LogP contribution in [-0.2, 0) is 0 Å². The molecule has 0 aromatic heterocycles. The first-order chi connectivity index (χ1) is 19.8. The van der Waals surface area contributed by atoms with Gasteiger partial charge in [-0.3, -0.25) is 0 Å². The van der Waals surface area contributed by atoms with Crippen molar-refractivity contribution in [3.05, 3.63) is 127 Å². The van der Waals surface area contributed by atoms with E-state index in [1.54, 1.807) is 0 Å². The third kappa shape index (κ3) is 3.56. The maximum atomic E-state index is 8.46. The van der Waals surface area contributed by atoms with E-state index in [1.807, 2.05) is 18.2 Å². The van der Waals surface area contributed by atoms with E-state index in [9.17, 15) is 0 Å². The smallest absolute Gasteiger partial charge is 0.252 e. The van der Waals surface area contributed by atoms with Crippen LogP contribution in [0.1, 0.15) is 45.0 Å². The lowest BCUT2D eigenvalue weighted by Crippen LogP contribution is -2.61. The molecule has 188 valence electrons. The summed E-state index contributed by atoms with van der Waals surface area (Å²) in [5, 5.41) is 0. The van der Waals surface area contributed by atoms with E-state index in [4.69, 9.17) is 1.37 Å². The summed E-state index contributed by atoms with van der Waals surface area (Å²) in [6.45, 7) is 0.146. The van der Waals surface area contributed by atoms with Crippen LogP contribution in [0.4, 0.5) is 34.1 Å². The lowest BCUT2D eigenvalue weighted by atomic mass is 9.33. The summed E-state index contributed by atoms with van der Waals surface area (Å²) < 4.78 is 8.46. The summed E-state index contributed by atoms with van der Waals surface area (Å²) in [7, 11) is 0. The van der Waals surface area contributed by atoms with Crippen LogP contribution in [-0.4, -0.2) is 6.71 Å². The van der Waals surface area contributed by atoms with E-state index in [-0.39, 0.29) is 6.71 Å². The molecule has 0 spiro atoms. The van der Waals surface area contributed by atoms with Gasteiger partial charge in [0.1, 0.15) is 0 Å². The standard InChI is InChI=1S/C36H31BN2/c1-4-14-26(15-5-1)27-24-34-36-35(25-27)39(29-18-8-3-9-19-29)33-23-13-11-21-31(33)37(36)30-20-10-12-22-32(30)38(34)28-16-6-2-7-17-28/h2-3,6-13,16-26H,1,4-5,14-15H2/i6D. The van der Waals surface area contributed by atoms with Crippen LogP contribution in [0.2, 0.25) is 0 Å². The highest BCUT2D eigenvalue weighted by Crippen LogP contribution is 2.46. The number of nitrogens with zero attached hydrogens (tertiary/aromatic N) is 2. The second-order valence-corrected chi connectivity index (χ2v) is 11.1. The van der Waals surface area contributed by atoms with Crippen molar-refractivity contribution in [1.82, 2.24) is 0 Å². The zero-order chi connectivity index (χ0) is 26.6. The molecule has 0 radical (unpaired) electrons. The predicted molar refractivity (Wildman–Crippen MR) is 166 cm³/mol. The lowest BCUT2D eigenvalue weighted by molar-refractivity contribution is 0.444. The molecule has 2 nitrogen and oxygen atoms in total. The Morgan fingerprint density at radius 1 is 0.564 bits per heavy atom. The Morgan fingerprint density at radius 3 is 1.72 bits per heavy atom. The maximum Gasteiger partial charge on any atom is 0.252 e. The first kappa shape index (κ1) is 21.7. The Morgan fingerprint density at radius 2 is 1.10 bits per heavy atom. The highest BCUT2D eigenvalue weighted by Gasteiger charge is 2.43. The SMILES string of the molecule is [2H]c1cccc(N2c3ccccc3B3c4ccccc4N(c4ccccc4)c4cc(C5CCCCC5)cc2c43)c1. The minimum absolute atomic E-state index is 0.146. The van der Waals surface area contributed by atoms with Crippen molar-refractivity contribution < 1.29 is 1.37 Å². The van der Waals surface area contributed by atoms with Gasteiger partial charge in [-0.2, -0.15) is 0 Å². The average molecular weight is 503 g/mol. The van der Waals surface area contributed by atoms with E-state index in [0.717, 1.165) is 5.69 Å². The molecule has 1 fully saturated rings. The Hall–Kier alpha value is -4.24. The predicted octanol–water partition coefficient (Wildman–Crippen LogP) is 7.82. The van der Waals surface area contributed by atoms with Crippen LogP contribution < -0.4 is 26.2 Å². The normalized spacial score (nSPS) is 16.3. The van der Waals surface area contributed by atoms with Gasteiger partial charge in [-0.15, -0.1) is 0 Å². The van der Waals surface area contributed by atoms with Crippen molar-refractivity contribution in [2.75, 3.05) is 9.80 Å². The maximum absolute atomic E-state index is 8.46. The van der Waals surface area contributed by atoms with Gasteiger partial charge in [-0.1, -0.05) is 92.0 Å². The summed E-state index contributed by atoms with van der Waals surface area (Å²) >= 11 is 0. The largest absolute Gasteiger partial charge is 0.311 e. The summed E-state index contributed by atoms with van der Waals surface area (Å²) in [4.78, 5) is 4.91. The third-order valence-electron chi connectivity index (χ3n) is 8.95. The molecule has 0 unspecified atom stereocenters. The monoisotopic (exact) mass is 503 g/mol. The molecule has 8 rings (SSSR count). The van der Waals surface area contributed by atoms with E-state index >= 15 is 0 Å². The number of para-hydroxylation sites is 4. The van der Waals surface area contributed by atoms with E-state index in [1.165, 1.54) is 82.5 Å². The third-order valence-corrected chi connectivity index (χ3v) is 8.95. The zero-order valence-electron chi connectivity index (χ0n) is 23.1. The van der Waals surface area contributed by atoms with E-state index < -0.39 is 0 Å². The summed E-state index contributed by atoms with van der Waals surface area (Å²) in [5.74, 6) is 0.574. The van der Waals surface area contributed by atoms with Crippen molar-refractivity contribution in [3.63, 3.8) is 0 Å². The topological polar surface area (TPSA) is 6.48 Å². The molecule has 0 amide bonds. The zero-order valence-corrected chi connectivity index (χ0v) is 22.1. The number of hydrogen-bond donors (Lipinski definition) is 0. The van der Waals surface area contributed by atoms with Gasteiger partial charge in [-0.05, 0) is 89.2 Å². The molecule has 5 aromatic carbocycles.